The predicted molar refractivity (Wildman–Crippen MR) is 94.6 cm³/mol. The van der Waals surface area contributed by atoms with E-state index in [9.17, 15) is 4.79 Å². The second kappa shape index (κ2) is 9.70. The number of carbonyl (C=O) groups excluding carboxylic acids is 1. The highest BCUT2D eigenvalue weighted by Crippen LogP contribution is 2.22. The van der Waals surface area contributed by atoms with Crippen molar-refractivity contribution in [3.05, 3.63) is 0 Å². The van der Waals surface area contributed by atoms with E-state index in [1.54, 1.807) is 7.05 Å². The van der Waals surface area contributed by atoms with Crippen LogP contribution in [0.1, 0.15) is 39.5 Å². The molecule has 0 spiro atoms. The molecule has 6 heteroatoms. The van der Waals surface area contributed by atoms with E-state index in [2.05, 4.69) is 23.6 Å². The van der Waals surface area contributed by atoms with Gasteiger partial charge in [-0.15, -0.1) is 0 Å². The van der Waals surface area contributed by atoms with Crippen molar-refractivity contribution >= 4 is 5.91 Å². The Morgan fingerprint density at radius 3 is 2.33 bits per heavy atom. The van der Waals surface area contributed by atoms with Gasteiger partial charge in [-0.2, -0.15) is 0 Å². The third-order valence-corrected chi connectivity index (χ3v) is 5.32. The molecule has 0 aromatic heterocycles. The van der Waals surface area contributed by atoms with E-state index < -0.39 is 0 Å². The molecule has 0 N–H and O–H groups in total. The number of carbonyl (C=O) groups is 1. The van der Waals surface area contributed by atoms with Crippen molar-refractivity contribution in [2.75, 3.05) is 53.4 Å². The Morgan fingerprint density at radius 1 is 1.12 bits per heavy atom. The zero-order chi connectivity index (χ0) is 17.5. The summed E-state index contributed by atoms with van der Waals surface area (Å²) in [6.45, 7) is 10.7. The van der Waals surface area contributed by atoms with Crippen molar-refractivity contribution in [2.45, 2.75) is 51.7 Å². The van der Waals surface area contributed by atoms with Gasteiger partial charge in [0.05, 0.1) is 19.3 Å². The van der Waals surface area contributed by atoms with Crippen molar-refractivity contribution < 1.29 is 14.4 Å². The minimum Gasteiger partial charge on any atom is -0.373 e. The van der Waals surface area contributed by atoms with E-state index in [0.29, 0.717) is 18.6 Å². The molecule has 0 aromatic carbocycles. The van der Waals surface area contributed by atoms with Crippen LogP contribution in [0.4, 0.5) is 0 Å². The molecule has 0 aromatic rings. The van der Waals surface area contributed by atoms with Gasteiger partial charge in [0, 0.05) is 33.1 Å². The fourth-order valence-corrected chi connectivity index (χ4v) is 3.84. The second-order valence-electron chi connectivity index (χ2n) is 7.41. The number of hydrogen-bond donors (Lipinski definition) is 0. The maximum absolute atomic E-state index is 11.8. The van der Waals surface area contributed by atoms with E-state index in [0.717, 1.165) is 38.6 Å². The Hall–Kier alpha value is -0.690. The summed E-state index contributed by atoms with van der Waals surface area (Å²) in [6, 6.07) is 0. The van der Waals surface area contributed by atoms with Gasteiger partial charge in [-0.05, 0) is 58.7 Å². The lowest BCUT2D eigenvalue weighted by Crippen LogP contribution is -2.46. The number of rotatable bonds is 7. The highest BCUT2D eigenvalue weighted by atomic mass is 16.7. The summed E-state index contributed by atoms with van der Waals surface area (Å²) in [5.41, 5.74) is 0. The van der Waals surface area contributed by atoms with Gasteiger partial charge in [0.15, 0.2) is 0 Å². The van der Waals surface area contributed by atoms with Gasteiger partial charge >= 0.3 is 0 Å². The smallest absolute Gasteiger partial charge is 0.247 e. The van der Waals surface area contributed by atoms with Crippen LogP contribution in [0.15, 0.2) is 0 Å². The fraction of sp³-hybridized carbons (Fsp3) is 0.944. The SMILES string of the molecule is CON(C)C(=O)CCN1CCC(CCN2C[C@H](C)O[C@@H](C)C2)CC1. The molecule has 140 valence electrons. The molecule has 24 heavy (non-hydrogen) atoms. The molecule has 2 heterocycles. The molecule has 0 aliphatic carbocycles. The van der Waals surface area contributed by atoms with Crippen molar-refractivity contribution in [3.8, 4) is 0 Å². The molecular formula is C18H35N3O3. The minimum atomic E-state index is 0.0511. The molecule has 0 radical (unpaired) electrons. The molecule has 2 atom stereocenters. The highest BCUT2D eigenvalue weighted by molar-refractivity contribution is 5.74. The maximum atomic E-state index is 11.8. The standard InChI is InChI=1S/C18H35N3O3/c1-15-13-21(14-16(2)24-15)11-7-17-5-9-20(10-6-17)12-8-18(22)19(3)23-4/h15-17H,5-14H2,1-4H3/t15-,16-/m0/s1. The molecule has 2 aliphatic rings. The highest BCUT2D eigenvalue weighted by Gasteiger charge is 2.24. The Labute approximate surface area is 147 Å². The molecule has 1 amide bonds. The number of piperidine rings is 1. The van der Waals surface area contributed by atoms with Gasteiger partial charge in [0.1, 0.15) is 0 Å². The molecule has 2 rings (SSSR count). The number of likely N-dealkylation sites (tertiary alicyclic amines) is 1. The van der Waals surface area contributed by atoms with Gasteiger partial charge < -0.3 is 9.64 Å². The van der Waals surface area contributed by atoms with E-state index in [-0.39, 0.29) is 5.91 Å². The normalized spacial score (nSPS) is 27.3. The summed E-state index contributed by atoms with van der Waals surface area (Å²) in [4.78, 5) is 21.7. The average molecular weight is 341 g/mol. The van der Waals surface area contributed by atoms with E-state index in [1.807, 2.05) is 0 Å². The number of hydrogen-bond acceptors (Lipinski definition) is 5. The fourth-order valence-electron chi connectivity index (χ4n) is 3.84. The first-order valence-corrected chi connectivity index (χ1v) is 9.38. The van der Waals surface area contributed by atoms with Gasteiger partial charge in [-0.1, -0.05) is 0 Å². The Kier molecular flexibility index (Phi) is 7.94. The van der Waals surface area contributed by atoms with Crippen molar-refractivity contribution in [3.63, 3.8) is 0 Å². The van der Waals surface area contributed by atoms with Gasteiger partial charge in [0.2, 0.25) is 5.91 Å². The molecule has 2 fully saturated rings. The summed E-state index contributed by atoms with van der Waals surface area (Å²) < 4.78 is 5.81. The van der Waals surface area contributed by atoms with Crippen molar-refractivity contribution in [1.29, 1.82) is 0 Å². The Balaban J connectivity index is 1.60. The Morgan fingerprint density at radius 2 is 1.75 bits per heavy atom. The molecule has 2 aliphatic heterocycles. The number of hydroxylamine groups is 2. The molecule has 2 saturated heterocycles. The summed E-state index contributed by atoms with van der Waals surface area (Å²) in [7, 11) is 3.20. The van der Waals surface area contributed by atoms with Crippen LogP contribution in [0.3, 0.4) is 0 Å². The molecule has 0 unspecified atom stereocenters. The van der Waals surface area contributed by atoms with Crippen LogP contribution in [-0.2, 0) is 14.4 Å². The van der Waals surface area contributed by atoms with Crippen LogP contribution < -0.4 is 0 Å². The van der Waals surface area contributed by atoms with Crippen LogP contribution in [0.25, 0.3) is 0 Å². The Bertz CT molecular complexity index is 376. The summed E-state index contributed by atoms with van der Waals surface area (Å²) in [6.07, 6.45) is 5.06. The zero-order valence-corrected chi connectivity index (χ0v) is 15.9. The lowest BCUT2D eigenvalue weighted by atomic mass is 9.93. The van der Waals surface area contributed by atoms with E-state index in [4.69, 9.17) is 9.57 Å². The third kappa shape index (κ3) is 6.31. The monoisotopic (exact) mass is 341 g/mol. The first kappa shape index (κ1) is 19.6. The summed E-state index contributed by atoms with van der Waals surface area (Å²) >= 11 is 0. The van der Waals surface area contributed by atoms with Crippen molar-refractivity contribution in [1.82, 2.24) is 14.9 Å². The van der Waals surface area contributed by atoms with E-state index >= 15 is 0 Å². The van der Waals surface area contributed by atoms with Crippen molar-refractivity contribution in [2.24, 2.45) is 5.92 Å². The van der Waals surface area contributed by atoms with Gasteiger partial charge in [-0.3, -0.25) is 14.5 Å². The topological polar surface area (TPSA) is 45.2 Å². The third-order valence-electron chi connectivity index (χ3n) is 5.32. The van der Waals surface area contributed by atoms with Crippen LogP contribution in [0.2, 0.25) is 0 Å². The minimum absolute atomic E-state index is 0.0511. The second-order valence-corrected chi connectivity index (χ2v) is 7.41. The molecule has 6 nitrogen and oxygen atoms in total. The average Bonchev–Trinajstić information content (AvgIpc) is 2.57. The predicted octanol–water partition coefficient (Wildman–Crippen LogP) is 1.61. The number of nitrogens with zero attached hydrogens (tertiary/aromatic N) is 3. The largest absolute Gasteiger partial charge is 0.373 e. The van der Waals surface area contributed by atoms with Crippen LogP contribution in [-0.4, -0.2) is 86.4 Å². The quantitative estimate of drug-likeness (QED) is 0.658. The lowest BCUT2D eigenvalue weighted by molar-refractivity contribution is -0.169. The number of amides is 1. The molecule has 0 bridgehead atoms. The molecule has 0 saturated carbocycles. The first-order chi connectivity index (χ1) is 11.5. The van der Waals surface area contributed by atoms with Gasteiger partial charge in [0.25, 0.3) is 0 Å². The number of ether oxygens (including phenoxy) is 1. The summed E-state index contributed by atoms with van der Waals surface area (Å²) in [5.74, 6) is 0.877. The van der Waals surface area contributed by atoms with Crippen LogP contribution in [0.5, 0.6) is 0 Å². The summed E-state index contributed by atoms with van der Waals surface area (Å²) in [5, 5.41) is 1.32. The van der Waals surface area contributed by atoms with Gasteiger partial charge in [-0.25, -0.2) is 5.06 Å². The van der Waals surface area contributed by atoms with E-state index in [1.165, 1.54) is 38.0 Å². The van der Waals surface area contributed by atoms with Crippen LogP contribution in [0, 0.1) is 5.92 Å². The zero-order valence-electron chi connectivity index (χ0n) is 15.9. The maximum Gasteiger partial charge on any atom is 0.247 e. The lowest BCUT2D eigenvalue weighted by Gasteiger charge is -2.37. The molecular weight excluding hydrogens is 306 g/mol. The van der Waals surface area contributed by atoms with Crippen LogP contribution >= 0.6 is 0 Å². The number of morpholine rings is 1. The first-order valence-electron chi connectivity index (χ1n) is 9.38.